The predicted octanol–water partition coefficient (Wildman–Crippen LogP) is 2.97. The molecule has 2 heterocycles. The summed E-state index contributed by atoms with van der Waals surface area (Å²) < 4.78 is 0. The molecule has 0 aromatic heterocycles. The van der Waals surface area contributed by atoms with Crippen LogP contribution in [0.25, 0.3) is 0 Å². The van der Waals surface area contributed by atoms with Gasteiger partial charge in [-0.15, -0.1) is 0 Å². The van der Waals surface area contributed by atoms with E-state index in [4.69, 9.17) is 0 Å². The summed E-state index contributed by atoms with van der Waals surface area (Å²) in [4.78, 5) is 28.5. The van der Waals surface area contributed by atoms with Crippen LogP contribution in [0.3, 0.4) is 0 Å². The quantitative estimate of drug-likeness (QED) is 0.840. The second-order valence-electron chi connectivity index (χ2n) is 9.22. The minimum atomic E-state index is -0.328. The zero-order valence-corrected chi connectivity index (χ0v) is 17.0. The minimum absolute atomic E-state index is 0.0169. The number of carbonyl (C=O) groups excluding carboxylic acids is 2. The topological polar surface area (TPSA) is 61.4 Å². The van der Waals surface area contributed by atoms with Gasteiger partial charge in [-0.2, -0.15) is 0 Å². The number of amides is 2. The maximum Gasteiger partial charge on any atom is 0.254 e. The van der Waals surface area contributed by atoms with Crippen molar-refractivity contribution in [3.8, 4) is 0 Å². The fourth-order valence-corrected chi connectivity index (χ4v) is 5.34. The molecule has 1 aromatic carbocycles. The minimum Gasteiger partial charge on any atom is -0.354 e. The lowest BCUT2D eigenvalue weighted by Crippen LogP contribution is -2.51. The van der Waals surface area contributed by atoms with Gasteiger partial charge in [0.05, 0.1) is 0 Å². The number of rotatable bonds is 4. The largest absolute Gasteiger partial charge is 0.354 e. The standard InChI is InChI=1S/C23H33N3O2/c1-23(11-13-24-14-12-23)16-25-21(27)20-15-18-9-5-6-10-19(18)26(20)22(28)17-7-3-2-4-8-17/h2-4,7-8,18-20,24H,5-6,9-16H2,1H3,(H,25,27). The summed E-state index contributed by atoms with van der Waals surface area (Å²) in [5.41, 5.74) is 0.845. The van der Waals surface area contributed by atoms with Gasteiger partial charge in [0.1, 0.15) is 6.04 Å². The van der Waals surface area contributed by atoms with E-state index in [-0.39, 0.29) is 29.3 Å². The van der Waals surface area contributed by atoms with Gasteiger partial charge in [0.25, 0.3) is 5.91 Å². The van der Waals surface area contributed by atoms with E-state index in [1.54, 1.807) is 0 Å². The van der Waals surface area contributed by atoms with Crippen LogP contribution in [-0.2, 0) is 4.79 Å². The van der Waals surface area contributed by atoms with Crippen LogP contribution in [0.5, 0.6) is 0 Å². The fraction of sp³-hybridized carbons (Fsp3) is 0.652. The van der Waals surface area contributed by atoms with Gasteiger partial charge in [0, 0.05) is 18.2 Å². The van der Waals surface area contributed by atoms with Crippen LogP contribution in [-0.4, -0.2) is 48.4 Å². The summed E-state index contributed by atoms with van der Waals surface area (Å²) in [5, 5.41) is 6.61. The second kappa shape index (κ2) is 8.24. The highest BCUT2D eigenvalue weighted by Gasteiger charge is 2.47. The number of fused-ring (bicyclic) bond motifs is 1. The molecule has 2 amide bonds. The van der Waals surface area contributed by atoms with Gasteiger partial charge in [-0.1, -0.05) is 38.0 Å². The van der Waals surface area contributed by atoms with E-state index in [2.05, 4.69) is 17.6 Å². The van der Waals surface area contributed by atoms with E-state index in [9.17, 15) is 9.59 Å². The summed E-state index contributed by atoms with van der Waals surface area (Å²) in [6, 6.07) is 9.34. The molecule has 152 valence electrons. The zero-order chi connectivity index (χ0) is 19.6. The first-order valence-corrected chi connectivity index (χ1v) is 10.9. The lowest BCUT2D eigenvalue weighted by molar-refractivity contribution is -0.125. The van der Waals surface area contributed by atoms with Crippen molar-refractivity contribution in [1.29, 1.82) is 0 Å². The van der Waals surface area contributed by atoms with Crippen molar-refractivity contribution in [2.45, 2.75) is 64.0 Å². The Morgan fingerprint density at radius 3 is 2.61 bits per heavy atom. The number of carbonyl (C=O) groups is 2. The molecule has 3 unspecified atom stereocenters. The molecule has 2 aliphatic heterocycles. The summed E-state index contributed by atoms with van der Waals surface area (Å²) in [6.07, 6.45) is 7.50. The number of hydrogen-bond acceptors (Lipinski definition) is 3. The number of nitrogens with one attached hydrogen (secondary N) is 2. The van der Waals surface area contributed by atoms with E-state index in [0.717, 1.165) is 51.6 Å². The van der Waals surface area contributed by atoms with E-state index in [1.165, 1.54) is 6.42 Å². The van der Waals surface area contributed by atoms with Crippen molar-refractivity contribution in [1.82, 2.24) is 15.5 Å². The maximum atomic E-state index is 13.3. The van der Waals surface area contributed by atoms with Crippen molar-refractivity contribution in [3.05, 3.63) is 35.9 Å². The average molecular weight is 384 g/mol. The molecule has 3 aliphatic rings. The van der Waals surface area contributed by atoms with Crippen LogP contribution in [0.4, 0.5) is 0 Å². The molecule has 1 saturated carbocycles. The number of piperidine rings is 1. The Morgan fingerprint density at radius 1 is 1.14 bits per heavy atom. The van der Waals surface area contributed by atoms with Crippen LogP contribution in [0, 0.1) is 11.3 Å². The van der Waals surface area contributed by atoms with Crippen LogP contribution in [0.15, 0.2) is 30.3 Å². The van der Waals surface area contributed by atoms with Crippen molar-refractivity contribution in [3.63, 3.8) is 0 Å². The van der Waals surface area contributed by atoms with E-state index < -0.39 is 0 Å². The first-order valence-electron chi connectivity index (χ1n) is 10.9. The molecule has 5 nitrogen and oxygen atoms in total. The average Bonchev–Trinajstić information content (AvgIpc) is 3.12. The van der Waals surface area contributed by atoms with Gasteiger partial charge in [0.2, 0.25) is 5.91 Å². The second-order valence-corrected chi connectivity index (χ2v) is 9.22. The van der Waals surface area contributed by atoms with Crippen molar-refractivity contribution in [2.75, 3.05) is 19.6 Å². The molecule has 0 radical (unpaired) electrons. The summed E-state index contributed by atoms with van der Waals surface area (Å²) in [7, 11) is 0. The first kappa shape index (κ1) is 19.4. The van der Waals surface area contributed by atoms with Gasteiger partial charge < -0.3 is 15.5 Å². The van der Waals surface area contributed by atoms with Gasteiger partial charge in [-0.3, -0.25) is 9.59 Å². The molecular formula is C23H33N3O2. The lowest BCUT2D eigenvalue weighted by Gasteiger charge is -2.36. The zero-order valence-electron chi connectivity index (χ0n) is 17.0. The third-order valence-electron chi connectivity index (χ3n) is 7.15. The third-order valence-corrected chi connectivity index (χ3v) is 7.15. The predicted molar refractivity (Wildman–Crippen MR) is 110 cm³/mol. The van der Waals surface area contributed by atoms with Crippen molar-refractivity contribution < 1.29 is 9.59 Å². The molecule has 2 saturated heterocycles. The Morgan fingerprint density at radius 2 is 1.86 bits per heavy atom. The summed E-state index contributed by atoms with van der Waals surface area (Å²) >= 11 is 0. The molecule has 0 bridgehead atoms. The van der Waals surface area contributed by atoms with Gasteiger partial charge >= 0.3 is 0 Å². The van der Waals surface area contributed by atoms with Gasteiger partial charge in [-0.05, 0) is 68.7 Å². The van der Waals surface area contributed by atoms with Gasteiger partial charge in [-0.25, -0.2) is 0 Å². The van der Waals surface area contributed by atoms with Crippen LogP contribution in [0.1, 0.15) is 62.2 Å². The number of likely N-dealkylation sites (tertiary alicyclic amines) is 1. The molecule has 0 spiro atoms. The highest BCUT2D eigenvalue weighted by Crippen LogP contribution is 2.40. The molecular weight excluding hydrogens is 350 g/mol. The Labute approximate surface area is 168 Å². The Kier molecular flexibility index (Phi) is 5.72. The molecule has 1 aromatic rings. The van der Waals surface area contributed by atoms with Gasteiger partial charge in [0.15, 0.2) is 0 Å². The van der Waals surface area contributed by atoms with Crippen molar-refractivity contribution in [2.24, 2.45) is 11.3 Å². The normalized spacial score (nSPS) is 29.2. The Bertz CT molecular complexity index is 699. The SMILES string of the molecule is CC1(CNC(=O)C2CC3CCCCC3N2C(=O)c2ccccc2)CCNCC1. The number of hydrogen-bond donors (Lipinski definition) is 2. The highest BCUT2D eigenvalue weighted by molar-refractivity contribution is 5.98. The van der Waals surface area contributed by atoms with E-state index >= 15 is 0 Å². The number of nitrogens with zero attached hydrogens (tertiary/aromatic N) is 1. The smallest absolute Gasteiger partial charge is 0.254 e. The molecule has 3 atom stereocenters. The molecule has 4 rings (SSSR count). The molecule has 28 heavy (non-hydrogen) atoms. The van der Waals surface area contributed by atoms with E-state index in [1.807, 2.05) is 35.2 Å². The fourth-order valence-electron chi connectivity index (χ4n) is 5.34. The maximum absolute atomic E-state index is 13.3. The molecule has 1 aliphatic carbocycles. The molecule has 3 fully saturated rings. The van der Waals surface area contributed by atoms with E-state index in [0.29, 0.717) is 18.0 Å². The van der Waals surface area contributed by atoms with Crippen LogP contribution >= 0.6 is 0 Å². The highest BCUT2D eigenvalue weighted by atomic mass is 16.2. The van der Waals surface area contributed by atoms with Crippen LogP contribution < -0.4 is 10.6 Å². The van der Waals surface area contributed by atoms with Crippen LogP contribution in [0.2, 0.25) is 0 Å². The van der Waals surface area contributed by atoms with Crippen molar-refractivity contribution >= 4 is 11.8 Å². The molecule has 2 N–H and O–H groups in total. The summed E-state index contributed by atoms with van der Waals surface area (Å²) in [6.45, 7) is 4.99. The lowest BCUT2D eigenvalue weighted by atomic mass is 9.81. The monoisotopic (exact) mass is 383 g/mol. The third kappa shape index (κ3) is 3.95. The first-order chi connectivity index (χ1) is 13.6. The Hall–Kier alpha value is -1.88. The Balaban J connectivity index is 1.50. The number of benzene rings is 1. The molecule has 5 heteroatoms. The summed E-state index contributed by atoms with van der Waals surface area (Å²) in [5.74, 6) is 0.522.